The molecule has 4 aromatic rings. The first-order valence-electron chi connectivity index (χ1n) is 8.51. The van der Waals surface area contributed by atoms with Gasteiger partial charge < -0.3 is 9.15 Å². The number of fused-ring (bicyclic) bond motifs is 1. The van der Waals surface area contributed by atoms with Gasteiger partial charge in [-0.3, -0.25) is 4.98 Å². The Balaban J connectivity index is 1.50. The van der Waals surface area contributed by atoms with E-state index in [4.69, 9.17) is 32.4 Å². The second kappa shape index (κ2) is 8.00. The molecule has 0 aliphatic heterocycles. The van der Waals surface area contributed by atoms with Crippen LogP contribution in [0.25, 0.3) is 22.6 Å². The third-order valence-electron chi connectivity index (χ3n) is 4.08. The first-order chi connectivity index (χ1) is 13.6. The van der Waals surface area contributed by atoms with Gasteiger partial charge in [0.15, 0.2) is 5.58 Å². The summed E-state index contributed by atoms with van der Waals surface area (Å²) in [5, 5.41) is 0.977. The molecule has 7 heteroatoms. The quantitative estimate of drug-likeness (QED) is 0.399. The van der Waals surface area contributed by atoms with E-state index in [-0.39, 0.29) is 6.61 Å². The summed E-state index contributed by atoms with van der Waals surface area (Å²) in [6.07, 6.45) is 4.05. The maximum atomic E-state index is 12.3. The van der Waals surface area contributed by atoms with Gasteiger partial charge in [-0.25, -0.2) is 9.78 Å². The van der Waals surface area contributed by atoms with Gasteiger partial charge in [0.05, 0.1) is 12.2 Å². The average molecular weight is 413 g/mol. The van der Waals surface area contributed by atoms with Crippen LogP contribution < -0.4 is 0 Å². The maximum Gasteiger partial charge on any atom is 0.338 e. The van der Waals surface area contributed by atoms with Crippen LogP contribution >= 0.6 is 23.2 Å². The van der Waals surface area contributed by atoms with Gasteiger partial charge in [0.1, 0.15) is 5.52 Å². The Morgan fingerprint density at radius 2 is 1.89 bits per heavy atom. The van der Waals surface area contributed by atoms with Gasteiger partial charge >= 0.3 is 5.97 Å². The minimum atomic E-state index is -0.422. The van der Waals surface area contributed by atoms with E-state index in [0.717, 1.165) is 5.56 Å². The number of esters is 1. The number of aromatic nitrogens is 2. The molecule has 0 N–H and O–H groups in total. The van der Waals surface area contributed by atoms with Crippen LogP contribution in [0.15, 0.2) is 65.3 Å². The SMILES string of the molecule is O=C(OCCc1cccnc1)c1ccc2nc(-c3cc(Cl)cc(Cl)c3)oc2c1. The molecule has 28 heavy (non-hydrogen) atoms. The van der Waals surface area contributed by atoms with Crippen LogP contribution in [0, 0.1) is 0 Å². The number of benzene rings is 2. The van der Waals surface area contributed by atoms with E-state index in [1.54, 1.807) is 48.8 Å². The summed E-state index contributed by atoms with van der Waals surface area (Å²) in [6, 6.07) is 13.8. The Hall–Kier alpha value is -2.89. The number of ether oxygens (including phenoxy) is 1. The van der Waals surface area contributed by atoms with Crippen LogP contribution in [-0.2, 0) is 11.2 Å². The smallest absolute Gasteiger partial charge is 0.338 e. The van der Waals surface area contributed by atoms with E-state index >= 15 is 0 Å². The number of pyridine rings is 1. The summed E-state index contributed by atoms with van der Waals surface area (Å²) in [4.78, 5) is 20.8. The molecule has 2 aromatic carbocycles. The van der Waals surface area contributed by atoms with Gasteiger partial charge in [-0.1, -0.05) is 29.3 Å². The lowest BCUT2D eigenvalue weighted by Gasteiger charge is -2.04. The minimum absolute atomic E-state index is 0.269. The second-order valence-corrected chi connectivity index (χ2v) is 6.98. The lowest BCUT2D eigenvalue weighted by Crippen LogP contribution is -2.08. The molecule has 2 heterocycles. The van der Waals surface area contributed by atoms with Crippen LogP contribution in [-0.4, -0.2) is 22.5 Å². The summed E-state index contributed by atoms with van der Waals surface area (Å²) in [6.45, 7) is 0.269. The van der Waals surface area contributed by atoms with Crippen molar-refractivity contribution in [3.8, 4) is 11.5 Å². The number of hydrogen-bond acceptors (Lipinski definition) is 5. The minimum Gasteiger partial charge on any atom is -0.462 e. The van der Waals surface area contributed by atoms with Crippen molar-refractivity contribution < 1.29 is 13.9 Å². The summed E-state index contributed by atoms with van der Waals surface area (Å²) < 4.78 is 11.1. The molecule has 0 unspecified atom stereocenters. The molecule has 0 spiro atoms. The van der Waals surface area contributed by atoms with Gasteiger partial charge in [-0.15, -0.1) is 0 Å². The van der Waals surface area contributed by atoms with Crippen molar-refractivity contribution in [1.82, 2.24) is 9.97 Å². The van der Waals surface area contributed by atoms with Crippen molar-refractivity contribution in [2.45, 2.75) is 6.42 Å². The predicted molar refractivity (Wildman–Crippen MR) is 108 cm³/mol. The van der Waals surface area contributed by atoms with E-state index < -0.39 is 5.97 Å². The highest BCUT2D eigenvalue weighted by atomic mass is 35.5. The third-order valence-corrected chi connectivity index (χ3v) is 4.52. The molecule has 0 saturated carbocycles. The molecule has 2 aromatic heterocycles. The van der Waals surface area contributed by atoms with Crippen molar-refractivity contribution in [2.24, 2.45) is 0 Å². The van der Waals surface area contributed by atoms with Gasteiger partial charge in [0.2, 0.25) is 5.89 Å². The zero-order valence-electron chi connectivity index (χ0n) is 14.6. The molecule has 0 radical (unpaired) electrons. The van der Waals surface area contributed by atoms with E-state index in [0.29, 0.717) is 44.6 Å². The second-order valence-electron chi connectivity index (χ2n) is 6.11. The standard InChI is InChI=1S/C21H14Cl2N2O3/c22-16-8-15(9-17(23)11-16)20-25-18-4-3-14(10-19(18)28-20)21(26)27-7-5-13-2-1-6-24-12-13/h1-4,6,8-12H,5,7H2. The summed E-state index contributed by atoms with van der Waals surface area (Å²) in [5.41, 5.74) is 3.16. The van der Waals surface area contributed by atoms with E-state index in [2.05, 4.69) is 9.97 Å². The molecule has 0 aliphatic carbocycles. The third kappa shape index (κ3) is 4.16. The van der Waals surface area contributed by atoms with Gasteiger partial charge in [-0.2, -0.15) is 0 Å². The highest BCUT2D eigenvalue weighted by molar-refractivity contribution is 6.35. The van der Waals surface area contributed by atoms with Crippen LogP contribution in [0.2, 0.25) is 10.0 Å². The fourth-order valence-electron chi connectivity index (χ4n) is 2.74. The van der Waals surface area contributed by atoms with Crippen molar-refractivity contribution in [3.63, 3.8) is 0 Å². The average Bonchev–Trinajstić information content (AvgIpc) is 3.11. The Bertz CT molecular complexity index is 1120. The lowest BCUT2D eigenvalue weighted by atomic mass is 10.2. The molecule has 0 saturated heterocycles. The zero-order chi connectivity index (χ0) is 19.5. The summed E-state index contributed by atoms with van der Waals surface area (Å²) in [7, 11) is 0. The van der Waals surface area contributed by atoms with Gasteiger partial charge in [0.25, 0.3) is 0 Å². The van der Waals surface area contributed by atoms with E-state index in [1.807, 2.05) is 12.1 Å². The largest absolute Gasteiger partial charge is 0.462 e. The fourth-order valence-corrected chi connectivity index (χ4v) is 3.27. The van der Waals surface area contributed by atoms with Crippen molar-refractivity contribution in [2.75, 3.05) is 6.61 Å². The first-order valence-corrected chi connectivity index (χ1v) is 9.27. The monoisotopic (exact) mass is 412 g/mol. The number of carbonyl (C=O) groups excluding carboxylic acids is 1. The molecule has 0 fully saturated rings. The molecular formula is C21H14Cl2N2O3. The van der Waals surface area contributed by atoms with Crippen LogP contribution in [0.3, 0.4) is 0 Å². The normalized spacial score (nSPS) is 10.9. The maximum absolute atomic E-state index is 12.3. The Morgan fingerprint density at radius 1 is 1.07 bits per heavy atom. The lowest BCUT2D eigenvalue weighted by molar-refractivity contribution is 0.0509. The van der Waals surface area contributed by atoms with Gasteiger partial charge in [-0.05, 0) is 48.0 Å². The van der Waals surface area contributed by atoms with E-state index in [1.165, 1.54) is 0 Å². The van der Waals surface area contributed by atoms with Crippen LogP contribution in [0.1, 0.15) is 15.9 Å². The number of rotatable bonds is 5. The molecule has 0 bridgehead atoms. The summed E-state index contributed by atoms with van der Waals surface area (Å²) in [5.74, 6) is -0.0453. The highest BCUT2D eigenvalue weighted by Gasteiger charge is 2.14. The zero-order valence-corrected chi connectivity index (χ0v) is 16.1. The number of hydrogen-bond donors (Lipinski definition) is 0. The first kappa shape index (κ1) is 18.5. The summed E-state index contributed by atoms with van der Waals surface area (Å²) >= 11 is 12.1. The fraction of sp³-hybridized carbons (Fsp3) is 0.0952. The Labute approximate surface area is 170 Å². The molecule has 0 amide bonds. The van der Waals surface area contributed by atoms with Crippen LogP contribution in [0.5, 0.6) is 0 Å². The van der Waals surface area contributed by atoms with E-state index in [9.17, 15) is 4.79 Å². The highest BCUT2D eigenvalue weighted by Crippen LogP contribution is 2.29. The van der Waals surface area contributed by atoms with Crippen LogP contribution in [0.4, 0.5) is 0 Å². The van der Waals surface area contributed by atoms with Gasteiger partial charge in [0, 0.05) is 34.4 Å². The van der Waals surface area contributed by atoms with Crippen molar-refractivity contribution in [3.05, 3.63) is 82.1 Å². The molecule has 140 valence electrons. The molecular weight excluding hydrogens is 399 g/mol. The Morgan fingerprint density at radius 3 is 2.64 bits per heavy atom. The Kier molecular flexibility index (Phi) is 5.28. The number of nitrogens with zero attached hydrogens (tertiary/aromatic N) is 2. The number of halogens is 2. The predicted octanol–water partition coefficient (Wildman–Crippen LogP) is 5.60. The number of oxazole rings is 1. The van der Waals surface area contributed by atoms with Crippen molar-refractivity contribution in [1.29, 1.82) is 0 Å². The molecule has 4 rings (SSSR count). The topological polar surface area (TPSA) is 65.2 Å². The molecule has 0 aliphatic rings. The van der Waals surface area contributed by atoms with Crippen molar-refractivity contribution >= 4 is 40.3 Å². The number of carbonyl (C=O) groups is 1. The molecule has 5 nitrogen and oxygen atoms in total. The molecule has 0 atom stereocenters.